The molecule has 1 aliphatic heterocycles. The molecule has 7 heteroatoms. The topological polar surface area (TPSA) is 88.1 Å². The van der Waals surface area contributed by atoms with E-state index in [1.54, 1.807) is 18.6 Å². The number of hydrogen-bond acceptors (Lipinski definition) is 5. The summed E-state index contributed by atoms with van der Waals surface area (Å²) in [6.45, 7) is 1.34. The molecule has 1 fully saturated rings. The van der Waals surface area contributed by atoms with E-state index < -0.39 is 0 Å². The average Bonchev–Trinajstić information content (AvgIpc) is 3.60. The van der Waals surface area contributed by atoms with Crippen molar-refractivity contribution in [3.8, 4) is 22.3 Å². The zero-order chi connectivity index (χ0) is 25.9. The van der Waals surface area contributed by atoms with Gasteiger partial charge in [-0.2, -0.15) is 0 Å². The van der Waals surface area contributed by atoms with Gasteiger partial charge in [-0.05, 0) is 72.0 Å². The molecule has 1 aromatic carbocycles. The van der Waals surface area contributed by atoms with Crippen LogP contribution in [-0.2, 0) is 22.4 Å². The van der Waals surface area contributed by atoms with Crippen molar-refractivity contribution in [1.82, 2.24) is 20.3 Å². The van der Waals surface area contributed by atoms with E-state index in [2.05, 4.69) is 26.3 Å². The van der Waals surface area contributed by atoms with Gasteiger partial charge in [0.05, 0.1) is 5.69 Å². The molecule has 6 rings (SSSR count). The van der Waals surface area contributed by atoms with Gasteiger partial charge in [-0.25, -0.2) is 0 Å². The van der Waals surface area contributed by atoms with E-state index in [1.807, 2.05) is 65.8 Å². The van der Waals surface area contributed by atoms with Gasteiger partial charge in [0.25, 0.3) is 0 Å². The molecular formula is C31H27N5O2. The van der Waals surface area contributed by atoms with Gasteiger partial charge >= 0.3 is 0 Å². The maximum absolute atomic E-state index is 12.9. The van der Waals surface area contributed by atoms with Crippen LogP contribution in [0.2, 0.25) is 0 Å². The number of hydrogen-bond donors (Lipinski definition) is 1. The van der Waals surface area contributed by atoms with Crippen LogP contribution >= 0.6 is 0 Å². The molecule has 7 nitrogen and oxygen atoms in total. The first kappa shape index (κ1) is 23.7. The summed E-state index contributed by atoms with van der Waals surface area (Å²) in [6.07, 6.45) is 13.7. The average molecular weight is 502 g/mol. The lowest BCUT2D eigenvalue weighted by Crippen LogP contribution is -2.27. The molecule has 0 bridgehead atoms. The second-order valence-corrected chi connectivity index (χ2v) is 9.58. The van der Waals surface area contributed by atoms with Gasteiger partial charge in [0.1, 0.15) is 0 Å². The highest BCUT2D eigenvalue weighted by Crippen LogP contribution is 2.34. The molecule has 0 atom stereocenters. The van der Waals surface area contributed by atoms with Gasteiger partial charge in [0.2, 0.25) is 11.8 Å². The number of anilines is 1. The highest BCUT2D eigenvalue weighted by atomic mass is 16.2. The lowest BCUT2D eigenvalue weighted by Gasteiger charge is -2.16. The lowest BCUT2D eigenvalue weighted by atomic mass is 9.98. The van der Waals surface area contributed by atoms with Crippen LogP contribution < -0.4 is 10.2 Å². The molecule has 0 unspecified atom stereocenters. The van der Waals surface area contributed by atoms with E-state index >= 15 is 0 Å². The van der Waals surface area contributed by atoms with E-state index in [-0.39, 0.29) is 11.8 Å². The van der Waals surface area contributed by atoms with Gasteiger partial charge in [0, 0.05) is 84.9 Å². The van der Waals surface area contributed by atoms with Crippen LogP contribution in [0.25, 0.3) is 28.3 Å². The fourth-order valence-corrected chi connectivity index (χ4v) is 5.11. The second-order valence-electron chi connectivity index (χ2n) is 9.58. The number of carbonyl (C=O) groups is 2. The van der Waals surface area contributed by atoms with E-state index in [0.717, 1.165) is 64.1 Å². The summed E-state index contributed by atoms with van der Waals surface area (Å²) in [4.78, 5) is 39.9. The van der Waals surface area contributed by atoms with Gasteiger partial charge in [-0.1, -0.05) is 12.1 Å². The minimum atomic E-state index is -0.0635. The van der Waals surface area contributed by atoms with Crippen LogP contribution in [0.5, 0.6) is 0 Å². The van der Waals surface area contributed by atoms with Gasteiger partial charge in [-0.3, -0.25) is 24.5 Å². The first-order valence-electron chi connectivity index (χ1n) is 12.9. The number of amides is 2. The number of aromatic nitrogens is 3. The van der Waals surface area contributed by atoms with Crippen molar-refractivity contribution >= 4 is 23.6 Å². The number of carbonyl (C=O) groups excluding carboxylic acids is 2. The Morgan fingerprint density at radius 3 is 2.53 bits per heavy atom. The molecule has 1 saturated heterocycles. The Morgan fingerprint density at radius 1 is 0.921 bits per heavy atom. The standard InChI is InChI=1S/C31H27N5O2/c37-30-2-1-15-36(30)26-5-3-22(4-6-26)24-16-25(20-33-19-24)27-10-14-34-29-18-23(17-28(27)29)31(38)35-13-9-21-7-11-32-12-8-21/h3-8,10-12,14,16-17,19-20H,1-2,9,13,15,18H2,(H,35,38). The van der Waals surface area contributed by atoms with Crippen LogP contribution in [0, 0.1) is 0 Å². The summed E-state index contributed by atoms with van der Waals surface area (Å²) in [5.41, 5.74) is 8.64. The van der Waals surface area contributed by atoms with Gasteiger partial charge < -0.3 is 10.2 Å². The fraction of sp³-hybridized carbons (Fsp3) is 0.194. The summed E-state index contributed by atoms with van der Waals surface area (Å²) in [5, 5.41) is 3.03. The van der Waals surface area contributed by atoms with Crippen molar-refractivity contribution in [3.63, 3.8) is 0 Å². The number of nitrogens with one attached hydrogen (secondary N) is 1. The summed E-state index contributed by atoms with van der Waals surface area (Å²) in [7, 11) is 0. The molecular weight excluding hydrogens is 474 g/mol. The van der Waals surface area contributed by atoms with Gasteiger partial charge in [-0.15, -0.1) is 0 Å². The molecule has 0 saturated carbocycles. The van der Waals surface area contributed by atoms with Gasteiger partial charge in [0.15, 0.2) is 0 Å². The molecule has 4 heterocycles. The fourth-order valence-electron chi connectivity index (χ4n) is 5.11. The highest BCUT2D eigenvalue weighted by molar-refractivity contribution is 6.01. The van der Waals surface area contributed by atoms with Crippen LogP contribution in [-0.4, -0.2) is 39.9 Å². The maximum Gasteiger partial charge on any atom is 0.247 e. The number of rotatable bonds is 7. The summed E-state index contributed by atoms with van der Waals surface area (Å²) < 4.78 is 0. The van der Waals surface area contributed by atoms with Crippen LogP contribution in [0.4, 0.5) is 5.69 Å². The first-order valence-corrected chi connectivity index (χ1v) is 12.9. The molecule has 2 amide bonds. The zero-order valence-corrected chi connectivity index (χ0v) is 20.9. The van der Waals surface area contributed by atoms with Crippen molar-refractivity contribution < 1.29 is 9.59 Å². The minimum Gasteiger partial charge on any atom is -0.352 e. The van der Waals surface area contributed by atoms with E-state index in [0.29, 0.717) is 25.0 Å². The van der Waals surface area contributed by atoms with Crippen LogP contribution in [0.3, 0.4) is 0 Å². The molecule has 188 valence electrons. The van der Waals surface area contributed by atoms with E-state index in [4.69, 9.17) is 0 Å². The summed E-state index contributed by atoms with van der Waals surface area (Å²) in [5.74, 6) is 0.120. The monoisotopic (exact) mass is 501 g/mol. The number of fused-ring (bicyclic) bond motifs is 1. The Hall–Kier alpha value is -4.65. The molecule has 3 aromatic heterocycles. The van der Waals surface area contributed by atoms with Crippen molar-refractivity contribution in [2.24, 2.45) is 0 Å². The molecule has 2 aliphatic rings. The second kappa shape index (κ2) is 10.4. The number of nitrogens with zero attached hydrogens (tertiary/aromatic N) is 4. The van der Waals surface area contributed by atoms with Crippen molar-refractivity contribution in [2.45, 2.75) is 25.7 Å². The minimum absolute atomic E-state index is 0.0635. The van der Waals surface area contributed by atoms with Crippen molar-refractivity contribution in [3.05, 3.63) is 102 Å². The Morgan fingerprint density at radius 2 is 1.74 bits per heavy atom. The molecule has 4 aromatic rings. The Balaban J connectivity index is 1.20. The largest absolute Gasteiger partial charge is 0.352 e. The lowest BCUT2D eigenvalue weighted by molar-refractivity contribution is -0.118. The van der Waals surface area contributed by atoms with E-state index in [9.17, 15) is 9.59 Å². The molecule has 1 N–H and O–H groups in total. The normalized spacial score (nSPS) is 14.4. The van der Waals surface area contributed by atoms with Crippen molar-refractivity contribution in [2.75, 3.05) is 18.0 Å². The predicted molar refractivity (Wildman–Crippen MR) is 147 cm³/mol. The molecule has 1 aliphatic carbocycles. The molecule has 0 spiro atoms. The third kappa shape index (κ3) is 4.83. The Labute approximate surface area is 221 Å². The quantitative estimate of drug-likeness (QED) is 0.399. The number of pyridine rings is 3. The Bertz CT molecular complexity index is 1530. The van der Waals surface area contributed by atoms with Crippen molar-refractivity contribution in [1.29, 1.82) is 0 Å². The SMILES string of the molecule is O=C(NCCc1ccncc1)C1=Cc2c(-c3cncc(-c4ccc(N5CCCC5=O)cc4)c3)ccnc2C1. The third-order valence-corrected chi connectivity index (χ3v) is 7.12. The number of benzene rings is 1. The first-order chi connectivity index (χ1) is 18.7. The highest BCUT2D eigenvalue weighted by Gasteiger charge is 2.23. The van der Waals surface area contributed by atoms with E-state index in [1.165, 1.54) is 0 Å². The summed E-state index contributed by atoms with van der Waals surface area (Å²) >= 11 is 0. The molecule has 38 heavy (non-hydrogen) atoms. The smallest absolute Gasteiger partial charge is 0.247 e. The van der Waals surface area contributed by atoms with Crippen LogP contribution in [0.15, 0.2) is 85.1 Å². The molecule has 0 radical (unpaired) electrons. The summed E-state index contributed by atoms with van der Waals surface area (Å²) in [6, 6.07) is 16.1. The predicted octanol–water partition coefficient (Wildman–Crippen LogP) is 4.63. The zero-order valence-electron chi connectivity index (χ0n) is 20.9. The third-order valence-electron chi connectivity index (χ3n) is 7.12. The Kier molecular flexibility index (Phi) is 6.48. The van der Waals surface area contributed by atoms with Crippen LogP contribution in [0.1, 0.15) is 29.7 Å². The maximum atomic E-state index is 12.9.